The predicted octanol–water partition coefficient (Wildman–Crippen LogP) is 0.962. The molecule has 0 fully saturated rings. The maximum absolute atomic E-state index is 11.0. The minimum absolute atomic E-state index is 0.109. The molecule has 1 amide bonds. The van der Waals surface area contributed by atoms with Gasteiger partial charge in [-0.2, -0.15) is 0 Å². The number of ether oxygens (including phenoxy) is 1. The van der Waals surface area contributed by atoms with Gasteiger partial charge in [0.1, 0.15) is 5.69 Å². The van der Waals surface area contributed by atoms with Crippen molar-refractivity contribution in [1.82, 2.24) is 4.98 Å². The fourth-order valence-corrected chi connectivity index (χ4v) is 0.855. The fourth-order valence-electron chi connectivity index (χ4n) is 0.855. The summed E-state index contributed by atoms with van der Waals surface area (Å²) >= 11 is 0. The Labute approximate surface area is 91.3 Å². The number of nitrogens with zero attached hydrogens (tertiary/aromatic N) is 1. The van der Waals surface area contributed by atoms with Crippen molar-refractivity contribution in [2.45, 2.75) is 0 Å². The Morgan fingerprint density at radius 1 is 1.56 bits per heavy atom. The van der Waals surface area contributed by atoms with Crippen molar-refractivity contribution in [3.05, 3.63) is 24.0 Å². The predicted molar refractivity (Wildman–Crippen MR) is 55.0 cm³/mol. The third-order valence-electron chi connectivity index (χ3n) is 1.52. The summed E-state index contributed by atoms with van der Waals surface area (Å²) in [6.07, 6.45) is 5.38. The Morgan fingerprint density at radius 2 is 2.31 bits per heavy atom. The van der Waals surface area contributed by atoms with Gasteiger partial charge >= 0.3 is 12.1 Å². The summed E-state index contributed by atoms with van der Waals surface area (Å²) < 4.78 is 4.54. The first kappa shape index (κ1) is 11.5. The normalized spacial score (nSPS) is 8.94. The van der Waals surface area contributed by atoms with E-state index in [1.54, 1.807) is 0 Å². The zero-order valence-electron chi connectivity index (χ0n) is 8.14. The van der Waals surface area contributed by atoms with Gasteiger partial charge in [-0.25, -0.2) is 14.6 Å². The highest BCUT2D eigenvalue weighted by Gasteiger charge is 2.05. The van der Waals surface area contributed by atoms with Crippen molar-refractivity contribution in [1.29, 1.82) is 0 Å². The minimum Gasteiger partial charge on any atom is -0.477 e. The first-order valence-corrected chi connectivity index (χ1v) is 4.20. The van der Waals surface area contributed by atoms with E-state index in [2.05, 4.69) is 21.0 Å². The molecule has 6 heteroatoms. The lowest BCUT2D eigenvalue weighted by molar-refractivity contribution is 0.0690. The lowest BCUT2D eigenvalue weighted by Gasteiger charge is -2.03. The smallest absolute Gasteiger partial charge is 0.412 e. The molecule has 0 atom stereocenters. The van der Waals surface area contributed by atoms with Crippen LogP contribution in [-0.4, -0.2) is 28.8 Å². The van der Waals surface area contributed by atoms with Gasteiger partial charge in [0, 0.05) is 0 Å². The van der Waals surface area contributed by atoms with E-state index in [1.165, 1.54) is 18.3 Å². The quantitative estimate of drug-likeness (QED) is 0.740. The van der Waals surface area contributed by atoms with E-state index in [0.717, 1.165) is 0 Å². The second-order valence-electron chi connectivity index (χ2n) is 2.64. The van der Waals surface area contributed by atoms with Crippen LogP contribution in [0.15, 0.2) is 18.3 Å². The molecule has 82 valence electrons. The number of anilines is 1. The Morgan fingerprint density at radius 3 is 2.81 bits per heavy atom. The van der Waals surface area contributed by atoms with E-state index in [0.29, 0.717) is 5.69 Å². The molecule has 1 heterocycles. The van der Waals surface area contributed by atoms with E-state index in [1.807, 2.05) is 0 Å². The number of carbonyl (C=O) groups is 2. The van der Waals surface area contributed by atoms with Crippen LogP contribution < -0.4 is 5.32 Å². The molecule has 1 rings (SSSR count). The van der Waals surface area contributed by atoms with E-state index >= 15 is 0 Å². The van der Waals surface area contributed by atoms with Gasteiger partial charge in [-0.05, 0) is 12.1 Å². The molecule has 0 saturated carbocycles. The van der Waals surface area contributed by atoms with Gasteiger partial charge in [-0.15, -0.1) is 6.42 Å². The molecule has 6 nitrogen and oxygen atoms in total. The van der Waals surface area contributed by atoms with Gasteiger partial charge in [0.25, 0.3) is 0 Å². The van der Waals surface area contributed by atoms with Gasteiger partial charge in [-0.1, -0.05) is 5.92 Å². The van der Waals surface area contributed by atoms with Gasteiger partial charge in [0.15, 0.2) is 6.61 Å². The van der Waals surface area contributed by atoms with Crippen LogP contribution >= 0.6 is 0 Å². The topological polar surface area (TPSA) is 88.5 Å². The van der Waals surface area contributed by atoms with Crippen LogP contribution in [0.4, 0.5) is 10.5 Å². The van der Waals surface area contributed by atoms with Crippen LogP contribution in [0, 0.1) is 12.3 Å². The van der Waals surface area contributed by atoms with Gasteiger partial charge in [0.2, 0.25) is 0 Å². The third-order valence-corrected chi connectivity index (χ3v) is 1.52. The van der Waals surface area contributed by atoms with E-state index < -0.39 is 12.1 Å². The molecule has 2 N–H and O–H groups in total. The number of terminal acetylenes is 1. The number of carboxylic acids is 1. The number of hydrogen-bond donors (Lipinski definition) is 2. The van der Waals surface area contributed by atoms with Crippen molar-refractivity contribution in [3.8, 4) is 12.3 Å². The zero-order chi connectivity index (χ0) is 12.0. The largest absolute Gasteiger partial charge is 0.477 e. The number of nitrogens with one attached hydrogen (secondary N) is 1. The van der Waals surface area contributed by atoms with Crippen molar-refractivity contribution < 1.29 is 19.4 Å². The standard InChI is InChI=1S/C10H8N2O4/c1-2-5-16-10(15)12-7-3-4-8(9(13)14)11-6-7/h1,3-4,6H,5H2,(H,12,15)(H,13,14). The molecule has 0 spiro atoms. The Bertz CT molecular complexity index is 433. The molecular formula is C10H8N2O4. The third kappa shape index (κ3) is 3.31. The van der Waals surface area contributed by atoms with Crippen molar-refractivity contribution in [3.63, 3.8) is 0 Å². The average Bonchev–Trinajstić information content (AvgIpc) is 2.27. The average molecular weight is 220 g/mol. The molecule has 0 saturated heterocycles. The SMILES string of the molecule is C#CCOC(=O)Nc1ccc(C(=O)O)nc1. The van der Waals surface area contributed by atoms with E-state index in [9.17, 15) is 9.59 Å². The van der Waals surface area contributed by atoms with E-state index in [-0.39, 0.29) is 12.3 Å². The Hall–Kier alpha value is -2.55. The summed E-state index contributed by atoms with van der Waals surface area (Å²) in [6.45, 7) is -0.132. The fraction of sp³-hybridized carbons (Fsp3) is 0.100. The lowest BCUT2D eigenvalue weighted by Crippen LogP contribution is -2.14. The first-order valence-electron chi connectivity index (χ1n) is 4.20. The van der Waals surface area contributed by atoms with Crippen molar-refractivity contribution >= 4 is 17.7 Å². The second-order valence-corrected chi connectivity index (χ2v) is 2.64. The molecule has 0 bridgehead atoms. The molecule has 0 aliphatic rings. The monoisotopic (exact) mass is 220 g/mol. The molecule has 16 heavy (non-hydrogen) atoms. The zero-order valence-corrected chi connectivity index (χ0v) is 8.14. The van der Waals surface area contributed by atoms with Crippen LogP contribution in [0.25, 0.3) is 0 Å². The number of amides is 1. The highest BCUT2D eigenvalue weighted by atomic mass is 16.5. The van der Waals surface area contributed by atoms with Crippen molar-refractivity contribution in [2.24, 2.45) is 0 Å². The lowest BCUT2D eigenvalue weighted by atomic mass is 10.3. The van der Waals surface area contributed by atoms with Crippen LogP contribution in [0.5, 0.6) is 0 Å². The number of aromatic carboxylic acids is 1. The van der Waals surface area contributed by atoms with Crippen LogP contribution in [0.2, 0.25) is 0 Å². The number of aromatic nitrogens is 1. The molecule has 0 aliphatic heterocycles. The van der Waals surface area contributed by atoms with Crippen molar-refractivity contribution in [2.75, 3.05) is 11.9 Å². The summed E-state index contributed by atoms with van der Waals surface area (Å²) in [4.78, 5) is 25.1. The summed E-state index contributed by atoms with van der Waals surface area (Å²) in [5.74, 6) is 0.994. The highest BCUT2D eigenvalue weighted by molar-refractivity contribution is 5.87. The molecule has 0 radical (unpaired) electrons. The maximum Gasteiger partial charge on any atom is 0.412 e. The van der Waals surface area contributed by atoms with Gasteiger partial charge in [0.05, 0.1) is 11.9 Å². The summed E-state index contributed by atoms with van der Waals surface area (Å²) in [5.41, 5.74) is 0.217. The molecule has 0 aromatic carbocycles. The van der Waals surface area contributed by atoms with Crippen LogP contribution in [0.3, 0.4) is 0 Å². The molecular weight excluding hydrogens is 212 g/mol. The summed E-state index contributed by atoms with van der Waals surface area (Å²) in [6, 6.07) is 2.66. The summed E-state index contributed by atoms with van der Waals surface area (Å²) in [7, 11) is 0. The number of carbonyl (C=O) groups excluding carboxylic acids is 1. The van der Waals surface area contributed by atoms with Crippen LogP contribution in [-0.2, 0) is 4.74 Å². The van der Waals surface area contributed by atoms with Gasteiger partial charge < -0.3 is 9.84 Å². The summed E-state index contributed by atoms with van der Waals surface area (Å²) in [5, 5.41) is 10.9. The number of hydrogen-bond acceptors (Lipinski definition) is 4. The van der Waals surface area contributed by atoms with Gasteiger partial charge in [-0.3, -0.25) is 5.32 Å². The minimum atomic E-state index is -1.14. The molecule has 0 aliphatic carbocycles. The van der Waals surface area contributed by atoms with E-state index in [4.69, 9.17) is 11.5 Å². The first-order chi connectivity index (χ1) is 7.63. The number of pyridine rings is 1. The molecule has 1 aromatic heterocycles. The molecule has 1 aromatic rings. The Kier molecular flexibility index (Phi) is 3.86. The van der Waals surface area contributed by atoms with Crippen LogP contribution in [0.1, 0.15) is 10.5 Å². The number of carboxylic acid groups (broad SMARTS) is 1. The maximum atomic E-state index is 11.0. The number of rotatable bonds is 3. The highest BCUT2D eigenvalue weighted by Crippen LogP contribution is 2.06. The Balaban J connectivity index is 2.59. The molecule has 0 unspecified atom stereocenters. The second kappa shape index (κ2) is 5.36.